The van der Waals surface area contributed by atoms with E-state index in [9.17, 15) is 4.79 Å². The van der Waals surface area contributed by atoms with Gasteiger partial charge in [-0.2, -0.15) is 4.99 Å². The molecule has 3 N–H and O–H groups in total. The summed E-state index contributed by atoms with van der Waals surface area (Å²) in [5, 5.41) is 8.54. The third kappa shape index (κ3) is 1.48. The van der Waals surface area contributed by atoms with Gasteiger partial charge in [-0.15, -0.1) is 0 Å². The Balaban J connectivity index is 2.47. The first-order chi connectivity index (χ1) is 4.74. The molecule has 0 aliphatic carbocycles. The molecule has 0 fully saturated rings. The third-order valence-corrected chi connectivity index (χ3v) is 2.20. The van der Waals surface area contributed by atoms with Gasteiger partial charge in [0.2, 0.25) is 0 Å². The Kier molecular flexibility index (Phi) is 2.29. The normalized spacial score (nSPS) is 25.1. The predicted molar refractivity (Wildman–Crippen MR) is 39.7 cm³/mol. The zero-order chi connectivity index (χ0) is 7.56. The van der Waals surface area contributed by atoms with Gasteiger partial charge in [0.15, 0.2) is 5.17 Å². The molecule has 1 rings (SSSR count). The molecule has 4 nitrogen and oxygen atoms in total. The zero-order valence-electron chi connectivity index (χ0n) is 5.28. The predicted octanol–water partition coefficient (Wildman–Crippen LogP) is -0.674. The fraction of sp³-hybridized carbons (Fsp3) is 0.600. The maximum absolute atomic E-state index is 10.8. The molecule has 0 saturated heterocycles. The molecule has 1 atom stereocenters. The van der Waals surface area contributed by atoms with Crippen LogP contribution in [0.15, 0.2) is 4.99 Å². The number of aliphatic hydroxyl groups excluding tert-OH is 1. The SMILES string of the molecule is NC1=NC(=O)[C@H](CCO)S1. The lowest BCUT2D eigenvalue weighted by Gasteiger charge is -2.00. The number of thioether (sulfide) groups is 1. The van der Waals surface area contributed by atoms with Gasteiger partial charge in [0.25, 0.3) is 5.91 Å². The van der Waals surface area contributed by atoms with E-state index in [1.807, 2.05) is 0 Å². The second kappa shape index (κ2) is 3.03. The molecule has 0 aromatic carbocycles. The van der Waals surface area contributed by atoms with Crippen LogP contribution in [-0.4, -0.2) is 28.0 Å². The van der Waals surface area contributed by atoms with Crippen LogP contribution in [0.1, 0.15) is 6.42 Å². The summed E-state index contributed by atoms with van der Waals surface area (Å²) < 4.78 is 0. The maximum atomic E-state index is 10.8. The van der Waals surface area contributed by atoms with Gasteiger partial charge in [-0.05, 0) is 6.42 Å². The van der Waals surface area contributed by atoms with Crippen molar-refractivity contribution in [1.29, 1.82) is 0 Å². The Morgan fingerprint density at radius 2 is 2.50 bits per heavy atom. The molecule has 0 aromatic heterocycles. The van der Waals surface area contributed by atoms with Crippen LogP contribution < -0.4 is 5.73 Å². The number of carbonyl (C=O) groups is 1. The fourth-order valence-corrected chi connectivity index (χ4v) is 1.51. The molecule has 1 heterocycles. The number of rotatable bonds is 2. The molecular weight excluding hydrogens is 152 g/mol. The molecule has 5 heteroatoms. The van der Waals surface area contributed by atoms with Crippen LogP contribution in [0.4, 0.5) is 0 Å². The number of carbonyl (C=O) groups excluding carboxylic acids is 1. The van der Waals surface area contributed by atoms with Crippen LogP contribution in [-0.2, 0) is 4.79 Å². The molecule has 0 saturated carbocycles. The van der Waals surface area contributed by atoms with Crippen molar-refractivity contribution in [3.8, 4) is 0 Å². The number of nitrogens with zero attached hydrogens (tertiary/aromatic N) is 1. The summed E-state index contributed by atoms with van der Waals surface area (Å²) in [6.07, 6.45) is 0.438. The quantitative estimate of drug-likeness (QED) is 0.561. The number of hydrogen-bond donors (Lipinski definition) is 2. The van der Waals surface area contributed by atoms with Gasteiger partial charge in [0, 0.05) is 6.61 Å². The Morgan fingerprint density at radius 3 is 2.90 bits per heavy atom. The number of aliphatic hydroxyl groups is 1. The Morgan fingerprint density at radius 1 is 1.80 bits per heavy atom. The number of amidine groups is 1. The van der Waals surface area contributed by atoms with Crippen molar-refractivity contribution >= 4 is 22.8 Å². The zero-order valence-corrected chi connectivity index (χ0v) is 6.10. The smallest absolute Gasteiger partial charge is 0.261 e. The van der Waals surface area contributed by atoms with Crippen LogP contribution >= 0.6 is 11.8 Å². The summed E-state index contributed by atoms with van der Waals surface area (Å²) in [5.41, 5.74) is 5.26. The lowest BCUT2D eigenvalue weighted by Crippen LogP contribution is -2.12. The van der Waals surface area contributed by atoms with Crippen molar-refractivity contribution in [3.05, 3.63) is 0 Å². The van der Waals surface area contributed by atoms with Crippen LogP contribution in [0.2, 0.25) is 0 Å². The van der Waals surface area contributed by atoms with Gasteiger partial charge < -0.3 is 10.8 Å². The van der Waals surface area contributed by atoms with E-state index in [-0.39, 0.29) is 17.8 Å². The molecule has 1 aliphatic rings. The van der Waals surface area contributed by atoms with Gasteiger partial charge in [0.1, 0.15) is 0 Å². The van der Waals surface area contributed by atoms with Crippen LogP contribution in [0, 0.1) is 0 Å². The molecule has 0 bridgehead atoms. The highest BCUT2D eigenvalue weighted by Gasteiger charge is 2.25. The number of nitrogens with two attached hydrogens (primary N) is 1. The summed E-state index contributed by atoms with van der Waals surface area (Å²) in [6, 6.07) is 0. The van der Waals surface area contributed by atoms with Gasteiger partial charge in [-0.3, -0.25) is 4.79 Å². The standard InChI is InChI=1S/C5H8N2O2S/c6-5-7-4(9)3(10-5)1-2-8/h3,8H,1-2H2,(H2,6,7,9)/t3-/m0/s1. The van der Waals surface area contributed by atoms with Crippen molar-refractivity contribution in [2.24, 2.45) is 10.7 Å². The first-order valence-corrected chi connectivity index (χ1v) is 3.77. The maximum Gasteiger partial charge on any atom is 0.261 e. The first-order valence-electron chi connectivity index (χ1n) is 2.89. The van der Waals surface area contributed by atoms with E-state index in [4.69, 9.17) is 10.8 Å². The highest BCUT2D eigenvalue weighted by molar-refractivity contribution is 8.15. The van der Waals surface area contributed by atoms with E-state index in [2.05, 4.69) is 4.99 Å². The minimum atomic E-state index is -0.245. The largest absolute Gasteiger partial charge is 0.396 e. The Bertz CT molecular complexity index is 180. The van der Waals surface area contributed by atoms with Crippen molar-refractivity contribution in [2.75, 3.05) is 6.61 Å². The Hall–Kier alpha value is -0.550. The van der Waals surface area contributed by atoms with Crippen molar-refractivity contribution in [2.45, 2.75) is 11.7 Å². The summed E-state index contributed by atoms with van der Waals surface area (Å²) in [5.74, 6) is -0.225. The van der Waals surface area contributed by atoms with Crippen molar-refractivity contribution < 1.29 is 9.90 Å². The fourth-order valence-electron chi connectivity index (χ4n) is 0.703. The molecule has 0 spiro atoms. The van der Waals surface area contributed by atoms with E-state index in [1.54, 1.807) is 0 Å². The minimum Gasteiger partial charge on any atom is -0.396 e. The van der Waals surface area contributed by atoms with Crippen LogP contribution in [0.3, 0.4) is 0 Å². The Labute approximate surface area is 62.5 Å². The molecule has 0 unspecified atom stereocenters. The van der Waals surface area contributed by atoms with Crippen molar-refractivity contribution in [1.82, 2.24) is 0 Å². The van der Waals surface area contributed by atoms with E-state index in [0.29, 0.717) is 11.6 Å². The third-order valence-electron chi connectivity index (χ3n) is 1.15. The molecule has 0 radical (unpaired) electrons. The first kappa shape index (κ1) is 7.56. The lowest BCUT2D eigenvalue weighted by atomic mass is 10.3. The highest BCUT2D eigenvalue weighted by Crippen LogP contribution is 2.21. The molecule has 1 aliphatic heterocycles. The number of hydrogen-bond acceptors (Lipinski definition) is 4. The number of amides is 1. The van der Waals surface area contributed by atoms with E-state index in [1.165, 1.54) is 11.8 Å². The van der Waals surface area contributed by atoms with E-state index < -0.39 is 0 Å². The highest BCUT2D eigenvalue weighted by atomic mass is 32.2. The molecule has 56 valence electrons. The summed E-state index contributed by atoms with van der Waals surface area (Å²) in [4.78, 5) is 14.3. The van der Waals surface area contributed by atoms with E-state index in [0.717, 1.165) is 0 Å². The summed E-state index contributed by atoms with van der Waals surface area (Å²) in [7, 11) is 0. The second-order valence-corrected chi connectivity index (χ2v) is 3.13. The molecule has 10 heavy (non-hydrogen) atoms. The van der Waals surface area contributed by atoms with Crippen molar-refractivity contribution in [3.63, 3.8) is 0 Å². The molecular formula is C5H8N2O2S. The molecule has 1 amide bonds. The average molecular weight is 160 g/mol. The van der Waals surface area contributed by atoms with E-state index >= 15 is 0 Å². The average Bonchev–Trinajstić information content (AvgIpc) is 2.13. The number of aliphatic imine (C=N–C) groups is 1. The molecule has 0 aromatic rings. The van der Waals surface area contributed by atoms with Crippen LogP contribution in [0.25, 0.3) is 0 Å². The second-order valence-electron chi connectivity index (χ2n) is 1.91. The lowest BCUT2D eigenvalue weighted by molar-refractivity contribution is -0.117. The van der Waals surface area contributed by atoms with Gasteiger partial charge in [0.05, 0.1) is 5.25 Å². The minimum absolute atomic E-state index is 0.00616. The van der Waals surface area contributed by atoms with Gasteiger partial charge in [-0.25, -0.2) is 0 Å². The summed E-state index contributed by atoms with van der Waals surface area (Å²) in [6.45, 7) is 0.00616. The monoisotopic (exact) mass is 160 g/mol. The van der Waals surface area contributed by atoms with Crippen LogP contribution in [0.5, 0.6) is 0 Å². The van der Waals surface area contributed by atoms with Gasteiger partial charge in [-0.1, -0.05) is 11.8 Å². The summed E-state index contributed by atoms with van der Waals surface area (Å²) >= 11 is 1.22. The van der Waals surface area contributed by atoms with Gasteiger partial charge >= 0.3 is 0 Å². The topological polar surface area (TPSA) is 75.7 Å².